The Balaban J connectivity index is 2.91. The van der Waals surface area contributed by atoms with E-state index in [1.165, 1.54) is 4.68 Å². The van der Waals surface area contributed by atoms with Gasteiger partial charge >= 0.3 is 0 Å². The summed E-state index contributed by atoms with van der Waals surface area (Å²) in [5.74, 6) is 0.393. The Kier molecular flexibility index (Phi) is 7.23. The second kappa shape index (κ2) is 8.42. The Morgan fingerprint density at radius 1 is 1.50 bits per heavy atom. The number of hydrogen-bond acceptors (Lipinski definition) is 4. The van der Waals surface area contributed by atoms with Crippen LogP contribution in [-0.2, 0) is 11.3 Å². The molecule has 1 aromatic heterocycles. The Hall–Kier alpha value is -0.880. The van der Waals surface area contributed by atoms with E-state index in [1.54, 1.807) is 13.3 Å². The Bertz CT molecular complexity index is 474. The average molecular weight is 346 g/mol. The minimum absolute atomic E-state index is 0.0941. The molecule has 0 radical (unpaired) electrons. The van der Waals surface area contributed by atoms with Crippen molar-refractivity contribution in [2.45, 2.75) is 46.2 Å². The first-order chi connectivity index (χ1) is 9.51. The Morgan fingerprint density at radius 3 is 2.75 bits per heavy atom. The van der Waals surface area contributed by atoms with E-state index in [0.717, 1.165) is 18.5 Å². The van der Waals surface area contributed by atoms with Crippen molar-refractivity contribution in [2.24, 2.45) is 5.92 Å². The van der Waals surface area contributed by atoms with Crippen LogP contribution in [0.4, 0.5) is 5.69 Å². The van der Waals surface area contributed by atoms with E-state index in [0.29, 0.717) is 23.5 Å². The molecule has 0 saturated heterocycles. The van der Waals surface area contributed by atoms with Gasteiger partial charge < -0.3 is 10.1 Å². The molecular weight excluding hydrogens is 322 g/mol. The molecule has 114 valence electrons. The number of ether oxygens (including phenoxy) is 1. The van der Waals surface area contributed by atoms with Crippen LogP contribution in [0.3, 0.4) is 0 Å². The van der Waals surface area contributed by atoms with Gasteiger partial charge in [0.1, 0.15) is 4.47 Å². The van der Waals surface area contributed by atoms with E-state index in [1.807, 2.05) is 0 Å². The highest BCUT2D eigenvalue weighted by molar-refractivity contribution is 9.10. The zero-order chi connectivity index (χ0) is 15.1. The fourth-order valence-corrected chi connectivity index (χ4v) is 2.23. The first-order valence-corrected chi connectivity index (χ1v) is 7.81. The summed E-state index contributed by atoms with van der Waals surface area (Å²) in [4.78, 5) is 12.2. The van der Waals surface area contributed by atoms with Gasteiger partial charge in [0.25, 0.3) is 5.56 Å². The molecule has 1 N–H and O–H groups in total. The molecule has 0 amide bonds. The number of anilines is 1. The molecule has 0 aliphatic rings. The largest absolute Gasteiger partial charge is 0.383 e. The van der Waals surface area contributed by atoms with Crippen molar-refractivity contribution in [1.29, 1.82) is 0 Å². The summed E-state index contributed by atoms with van der Waals surface area (Å²) in [5, 5.41) is 7.54. The molecule has 0 aliphatic heterocycles. The van der Waals surface area contributed by atoms with Crippen LogP contribution in [0.5, 0.6) is 0 Å². The topological polar surface area (TPSA) is 56.1 Å². The third-order valence-electron chi connectivity index (χ3n) is 3.20. The number of methoxy groups -OCH3 is 1. The third kappa shape index (κ3) is 4.59. The summed E-state index contributed by atoms with van der Waals surface area (Å²) >= 11 is 3.38. The molecule has 5 nitrogen and oxygen atoms in total. The van der Waals surface area contributed by atoms with Crippen LogP contribution >= 0.6 is 15.9 Å². The molecule has 0 fully saturated rings. The van der Waals surface area contributed by atoms with Crippen molar-refractivity contribution in [1.82, 2.24) is 9.78 Å². The molecule has 1 aromatic rings. The highest BCUT2D eigenvalue weighted by Gasteiger charge is 2.16. The number of nitrogens with zero attached hydrogens (tertiary/aromatic N) is 2. The molecule has 20 heavy (non-hydrogen) atoms. The van der Waals surface area contributed by atoms with Crippen LogP contribution < -0.4 is 10.9 Å². The third-order valence-corrected chi connectivity index (χ3v) is 3.97. The monoisotopic (exact) mass is 345 g/mol. The lowest BCUT2D eigenvalue weighted by Gasteiger charge is -2.23. The molecule has 1 rings (SSSR count). The standard InChI is InChI=1S/C14H24BrN3O2/c1-5-6-7-18-14(19)13(15)11(8-16-18)17-12(9-20-4)10(2)3/h8,10,12,17H,5-7,9H2,1-4H3. The lowest BCUT2D eigenvalue weighted by molar-refractivity contribution is 0.171. The van der Waals surface area contributed by atoms with Crippen molar-refractivity contribution in [2.75, 3.05) is 19.0 Å². The molecular formula is C14H24BrN3O2. The molecule has 0 aromatic carbocycles. The van der Waals surface area contributed by atoms with Crippen LogP contribution in [0, 0.1) is 5.92 Å². The maximum atomic E-state index is 12.2. The first-order valence-electron chi connectivity index (χ1n) is 7.02. The quantitative estimate of drug-likeness (QED) is 0.786. The summed E-state index contributed by atoms with van der Waals surface area (Å²) in [6.45, 7) is 7.55. The average Bonchev–Trinajstić information content (AvgIpc) is 2.42. The maximum Gasteiger partial charge on any atom is 0.283 e. The summed E-state index contributed by atoms with van der Waals surface area (Å²) in [7, 11) is 1.67. The van der Waals surface area contributed by atoms with Gasteiger partial charge in [-0.1, -0.05) is 27.2 Å². The van der Waals surface area contributed by atoms with Crippen molar-refractivity contribution < 1.29 is 4.74 Å². The van der Waals surface area contributed by atoms with Crippen molar-refractivity contribution in [3.05, 3.63) is 21.0 Å². The van der Waals surface area contributed by atoms with Gasteiger partial charge in [0.05, 0.1) is 24.5 Å². The number of nitrogens with one attached hydrogen (secondary N) is 1. The SMILES string of the molecule is CCCCn1ncc(NC(COC)C(C)C)c(Br)c1=O. The van der Waals surface area contributed by atoms with E-state index in [-0.39, 0.29) is 11.6 Å². The molecule has 0 spiro atoms. The predicted octanol–water partition coefficient (Wildman–Crippen LogP) is 2.89. The Morgan fingerprint density at radius 2 is 2.20 bits per heavy atom. The van der Waals surface area contributed by atoms with Gasteiger partial charge in [-0.25, -0.2) is 4.68 Å². The van der Waals surface area contributed by atoms with E-state index in [9.17, 15) is 4.79 Å². The zero-order valence-corrected chi connectivity index (χ0v) is 14.2. The normalized spacial score (nSPS) is 12.7. The molecule has 1 atom stereocenters. The van der Waals surface area contributed by atoms with Crippen molar-refractivity contribution >= 4 is 21.6 Å². The van der Waals surface area contributed by atoms with Gasteiger partial charge in [0.2, 0.25) is 0 Å². The van der Waals surface area contributed by atoms with Gasteiger partial charge in [-0.15, -0.1) is 0 Å². The van der Waals surface area contributed by atoms with Crippen molar-refractivity contribution in [3.8, 4) is 0 Å². The van der Waals surface area contributed by atoms with Crippen LogP contribution in [0.15, 0.2) is 15.5 Å². The smallest absolute Gasteiger partial charge is 0.283 e. The fraction of sp³-hybridized carbons (Fsp3) is 0.714. The first kappa shape index (κ1) is 17.2. The number of unbranched alkanes of at least 4 members (excludes halogenated alkanes) is 1. The number of halogens is 1. The van der Waals surface area contributed by atoms with Gasteiger partial charge in [0, 0.05) is 13.7 Å². The van der Waals surface area contributed by atoms with Crippen LogP contribution in [-0.4, -0.2) is 29.5 Å². The molecule has 1 heterocycles. The molecule has 1 unspecified atom stereocenters. The minimum atomic E-state index is -0.0941. The van der Waals surface area contributed by atoms with Crippen LogP contribution in [0.1, 0.15) is 33.6 Å². The van der Waals surface area contributed by atoms with E-state index >= 15 is 0 Å². The summed E-state index contributed by atoms with van der Waals surface area (Å²) in [6.07, 6.45) is 3.69. The summed E-state index contributed by atoms with van der Waals surface area (Å²) in [5.41, 5.74) is 0.627. The number of rotatable bonds is 8. The minimum Gasteiger partial charge on any atom is -0.383 e. The van der Waals surface area contributed by atoms with Gasteiger partial charge in [-0.3, -0.25) is 4.79 Å². The molecule has 0 saturated carbocycles. The maximum absolute atomic E-state index is 12.2. The number of aromatic nitrogens is 2. The Labute approximate surface area is 128 Å². The number of hydrogen-bond donors (Lipinski definition) is 1. The van der Waals surface area contributed by atoms with Gasteiger partial charge in [-0.05, 0) is 28.3 Å². The second-order valence-corrected chi connectivity index (χ2v) is 6.00. The van der Waals surface area contributed by atoms with E-state index in [2.05, 4.69) is 47.1 Å². The van der Waals surface area contributed by atoms with Crippen LogP contribution in [0.2, 0.25) is 0 Å². The molecule has 0 aliphatic carbocycles. The molecule has 6 heteroatoms. The van der Waals surface area contributed by atoms with Crippen molar-refractivity contribution in [3.63, 3.8) is 0 Å². The second-order valence-electron chi connectivity index (χ2n) is 5.20. The highest BCUT2D eigenvalue weighted by atomic mass is 79.9. The zero-order valence-electron chi connectivity index (χ0n) is 12.6. The number of aryl methyl sites for hydroxylation is 1. The van der Waals surface area contributed by atoms with Gasteiger partial charge in [0.15, 0.2) is 0 Å². The lowest BCUT2D eigenvalue weighted by atomic mass is 10.1. The van der Waals surface area contributed by atoms with E-state index < -0.39 is 0 Å². The summed E-state index contributed by atoms with van der Waals surface area (Å²) in [6, 6.07) is 0.143. The molecule has 0 bridgehead atoms. The fourth-order valence-electron chi connectivity index (χ4n) is 1.81. The predicted molar refractivity (Wildman–Crippen MR) is 85.2 cm³/mol. The van der Waals surface area contributed by atoms with E-state index in [4.69, 9.17) is 4.74 Å². The van der Waals surface area contributed by atoms with Gasteiger partial charge in [-0.2, -0.15) is 5.10 Å². The highest BCUT2D eigenvalue weighted by Crippen LogP contribution is 2.19. The lowest BCUT2D eigenvalue weighted by Crippen LogP contribution is -2.32. The van der Waals surface area contributed by atoms with Crippen LogP contribution in [0.25, 0.3) is 0 Å². The summed E-state index contributed by atoms with van der Waals surface area (Å²) < 4.78 is 7.24.